The van der Waals surface area contributed by atoms with Gasteiger partial charge in [0.2, 0.25) is 5.91 Å². The van der Waals surface area contributed by atoms with Crippen molar-refractivity contribution in [3.63, 3.8) is 0 Å². The van der Waals surface area contributed by atoms with Crippen molar-refractivity contribution < 1.29 is 30.0 Å². The summed E-state index contributed by atoms with van der Waals surface area (Å²) in [6.07, 6.45) is 2.62. The van der Waals surface area contributed by atoms with E-state index in [-0.39, 0.29) is 44.8 Å². The molecule has 3 aromatic carbocycles. The molecule has 9 heteroatoms. The monoisotopic (exact) mass is 543 g/mol. The van der Waals surface area contributed by atoms with Crippen LogP contribution in [0.3, 0.4) is 0 Å². The largest absolute Gasteiger partial charge is 0.496 e. The summed E-state index contributed by atoms with van der Waals surface area (Å²) in [7, 11) is 1.60. The molecule has 1 atom stereocenters. The number of amides is 2. The fourth-order valence-electron chi connectivity index (χ4n) is 4.95. The summed E-state index contributed by atoms with van der Waals surface area (Å²) in [5.41, 5.74) is 3.64. The molecular formula is C31H33N3O6. The maximum atomic E-state index is 13.1. The highest BCUT2D eigenvalue weighted by Crippen LogP contribution is 2.29. The highest BCUT2D eigenvalue weighted by molar-refractivity contribution is 5.84. The summed E-state index contributed by atoms with van der Waals surface area (Å²) in [6, 6.07) is 20.2. The molecular weight excluding hydrogens is 510 g/mol. The van der Waals surface area contributed by atoms with Crippen LogP contribution in [0.2, 0.25) is 0 Å². The molecule has 0 radical (unpaired) electrons. The lowest BCUT2D eigenvalue weighted by molar-refractivity contribution is -0.132. The molecule has 1 aliphatic heterocycles. The molecule has 0 fully saturated rings. The first-order valence-electron chi connectivity index (χ1n) is 13.1. The molecule has 5 rings (SSSR count). The van der Waals surface area contributed by atoms with E-state index in [0.29, 0.717) is 30.2 Å². The fourth-order valence-corrected chi connectivity index (χ4v) is 4.95. The minimum atomic E-state index is -0.389. The van der Waals surface area contributed by atoms with Gasteiger partial charge in [-0.1, -0.05) is 36.4 Å². The van der Waals surface area contributed by atoms with Crippen LogP contribution >= 0.6 is 0 Å². The van der Waals surface area contributed by atoms with Crippen LogP contribution in [0.25, 0.3) is 10.9 Å². The third-order valence-electron chi connectivity index (χ3n) is 6.91. The van der Waals surface area contributed by atoms with Gasteiger partial charge in [-0.05, 0) is 42.3 Å². The quantitative estimate of drug-likeness (QED) is 0.218. The average molecular weight is 544 g/mol. The van der Waals surface area contributed by atoms with Gasteiger partial charge >= 0.3 is 5.97 Å². The van der Waals surface area contributed by atoms with E-state index in [9.17, 15) is 14.4 Å². The maximum absolute atomic E-state index is 13.1. The summed E-state index contributed by atoms with van der Waals surface area (Å²) >= 11 is 0. The number of fused-ring (bicyclic) bond motifs is 2. The van der Waals surface area contributed by atoms with Crippen molar-refractivity contribution >= 4 is 28.7 Å². The number of methoxy groups -OCH3 is 1. The van der Waals surface area contributed by atoms with Crippen LogP contribution in [0, 0.1) is 0 Å². The number of ether oxygens (including phenoxy) is 3. The SMILES string of the molecule is COc1ccccc1CN(CC(Cc1c[nH]c2ccccc12)NC(=O)COc1ccc2c(c1)CC(=O)O2)C(C)=O.[HH]. The molecule has 0 bridgehead atoms. The van der Waals surface area contributed by atoms with E-state index >= 15 is 0 Å². The first-order valence-corrected chi connectivity index (χ1v) is 13.1. The van der Waals surface area contributed by atoms with Crippen molar-refractivity contribution in [1.29, 1.82) is 0 Å². The number of H-pyrrole nitrogens is 1. The van der Waals surface area contributed by atoms with E-state index in [1.54, 1.807) is 30.2 Å². The third-order valence-corrected chi connectivity index (χ3v) is 6.91. The van der Waals surface area contributed by atoms with Crippen LogP contribution in [-0.4, -0.2) is 54.0 Å². The van der Waals surface area contributed by atoms with Crippen LogP contribution in [0.4, 0.5) is 0 Å². The molecule has 4 aromatic rings. The van der Waals surface area contributed by atoms with E-state index in [1.807, 2.05) is 54.7 Å². The number of hydrogen-bond donors (Lipinski definition) is 2. The molecule has 40 heavy (non-hydrogen) atoms. The Morgan fingerprint density at radius 3 is 2.73 bits per heavy atom. The number of esters is 1. The molecule has 2 amide bonds. The van der Waals surface area contributed by atoms with Gasteiger partial charge in [0, 0.05) is 49.7 Å². The summed E-state index contributed by atoms with van der Waals surface area (Å²) in [6.45, 7) is 1.93. The van der Waals surface area contributed by atoms with Crippen molar-refractivity contribution in [2.45, 2.75) is 32.4 Å². The van der Waals surface area contributed by atoms with E-state index in [4.69, 9.17) is 14.2 Å². The zero-order valence-corrected chi connectivity index (χ0v) is 22.4. The van der Waals surface area contributed by atoms with Crippen molar-refractivity contribution in [2.24, 2.45) is 0 Å². The predicted octanol–water partition coefficient (Wildman–Crippen LogP) is 4.04. The van der Waals surface area contributed by atoms with E-state index in [1.165, 1.54) is 6.92 Å². The zero-order chi connectivity index (χ0) is 28.1. The molecule has 0 spiro atoms. The maximum Gasteiger partial charge on any atom is 0.315 e. The number of aromatic nitrogens is 1. The van der Waals surface area contributed by atoms with Gasteiger partial charge in [0.05, 0.1) is 19.6 Å². The van der Waals surface area contributed by atoms with Crippen LogP contribution in [0.15, 0.2) is 72.9 Å². The Labute approximate surface area is 233 Å². The number of hydrogen-bond acceptors (Lipinski definition) is 6. The highest BCUT2D eigenvalue weighted by Gasteiger charge is 2.23. The number of aromatic amines is 1. The van der Waals surface area contributed by atoms with Crippen LogP contribution < -0.4 is 19.5 Å². The van der Waals surface area contributed by atoms with Gasteiger partial charge in [0.1, 0.15) is 17.2 Å². The molecule has 0 saturated carbocycles. The van der Waals surface area contributed by atoms with Gasteiger partial charge in [-0.25, -0.2) is 0 Å². The van der Waals surface area contributed by atoms with Crippen LogP contribution in [-0.2, 0) is 33.8 Å². The lowest BCUT2D eigenvalue weighted by atomic mass is 10.0. The zero-order valence-electron chi connectivity index (χ0n) is 22.4. The normalized spacial score (nSPS) is 12.9. The average Bonchev–Trinajstić information content (AvgIpc) is 3.53. The number of para-hydroxylation sites is 2. The summed E-state index contributed by atoms with van der Waals surface area (Å²) in [5.74, 6) is 0.935. The Bertz CT molecular complexity index is 1550. The summed E-state index contributed by atoms with van der Waals surface area (Å²) in [4.78, 5) is 42.3. The van der Waals surface area contributed by atoms with Crippen molar-refractivity contribution in [1.82, 2.24) is 15.2 Å². The Kier molecular flexibility index (Phi) is 8.00. The van der Waals surface area contributed by atoms with Gasteiger partial charge in [0.25, 0.3) is 5.91 Å². The fraction of sp³-hybridized carbons (Fsp3) is 0.258. The molecule has 2 N–H and O–H groups in total. The Hall–Kier alpha value is -4.79. The number of nitrogens with one attached hydrogen (secondary N) is 2. The molecule has 2 heterocycles. The molecule has 208 valence electrons. The predicted molar refractivity (Wildman–Crippen MR) is 151 cm³/mol. The van der Waals surface area contributed by atoms with E-state index < -0.39 is 0 Å². The number of carbonyl (C=O) groups excluding carboxylic acids is 3. The minimum absolute atomic E-state index is 0. The van der Waals surface area contributed by atoms with Gasteiger partial charge in [-0.3, -0.25) is 14.4 Å². The Balaban J connectivity index is 0.00000387. The molecule has 0 aliphatic carbocycles. The van der Waals surface area contributed by atoms with E-state index in [0.717, 1.165) is 27.6 Å². The van der Waals surface area contributed by atoms with E-state index in [2.05, 4.69) is 10.3 Å². The first-order chi connectivity index (χ1) is 19.4. The number of carbonyl (C=O) groups is 3. The Morgan fingerprint density at radius 2 is 1.90 bits per heavy atom. The van der Waals surface area contributed by atoms with Gasteiger partial charge < -0.3 is 29.4 Å². The second kappa shape index (κ2) is 11.9. The number of rotatable bonds is 11. The lowest BCUT2D eigenvalue weighted by Gasteiger charge is -2.28. The van der Waals surface area contributed by atoms with Crippen LogP contribution in [0.1, 0.15) is 25.0 Å². The molecule has 1 unspecified atom stereocenters. The third kappa shape index (κ3) is 6.26. The smallest absolute Gasteiger partial charge is 0.315 e. The second-order valence-corrected chi connectivity index (χ2v) is 9.75. The lowest BCUT2D eigenvalue weighted by Crippen LogP contribution is -2.47. The Morgan fingerprint density at radius 1 is 1.10 bits per heavy atom. The van der Waals surface area contributed by atoms with Crippen molar-refractivity contribution in [3.8, 4) is 17.2 Å². The van der Waals surface area contributed by atoms with Gasteiger partial charge in [0.15, 0.2) is 6.61 Å². The van der Waals surface area contributed by atoms with Gasteiger partial charge in [-0.15, -0.1) is 0 Å². The summed E-state index contributed by atoms with van der Waals surface area (Å²) in [5, 5.41) is 4.13. The van der Waals surface area contributed by atoms with Crippen LogP contribution in [0.5, 0.6) is 17.2 Å². The molecule has 1 aromatic heterocycles. The molecule has 9 nitrogen and oxygen atoms in total. The number of benzene rings is 3. The minimum Gasteiger partial charge on any atom is -0.496 e. The summed E-state index contributed by atoms with van der Waals surface area (Å²) < 4.78 is 16.3. The topological polar surface area (TPSA) is 110 Å². The highest BCUT2D eigenvalue weighted by atomic mass is 16.5. The van der Waals surface area contributed by atoms with Crippen molar-refractivity contribution in [3.05, 3.63) is 89.6 Å². The van der Waals surface area contributed by atoms with Gasteiger partial charge in [-0.2, -0.15) is 0 Å². The van der Waals surface area contributed by atoms with Crippen molar-refractivity contribution in [2.75, 3.05) is 20.3 Å². The molecule has 1 aliphatic rings. The number of nitrogens with zero attached hydrogens (tertiary/aromatic N) is 1. The first kappa shape index (κ1) is 26.8. The second-order valence-electron chi connectivity index (χ2n) is 9.75. The standard InChI is InChI=1S/C31H31N3O6.H2/c1-20(35)34(17-21-7-3-6-10-28(21)38-2)18-24(13-23-16-32-27-9-5-4-8-26(23)27)33-30(36)19-39-25-11-12-29-22(14-25)15-31(37)40-29;/h3-12,14,16,24,32H,13,15,17-19H2,1-2H3,(H,33,36);1H. The molecule has 0 saturated heterocycles.